The fourth-order valence-electron chi connectivity index (χ4n) is 6.09. The average Bonchev–Trinajstić information content (AvgIpc) is 3.61. The number of methoxy groups -OCH3 is 1. The zero-order valence-electron chi connectivity index (χ0n) is 25.5. The molecule has 6 heterocycles. The smallest absolute Gasteiger partial charge is 0.403 e. The van der Waals surface area contributed by atoms with Crippen molar-refractivity contribution >= 4 is 49.0 Å². The summed E-state index contributed by atoms with van der Waals surface area (Å²) in [5, 5.41) is 2.39. The number of morpholine rings is 1. The number of alkyl halides is 3. The lowest BCUT2D eigenvalue weighted by atomic mass is 10.1. The van der Waals surface area contributed by atoms with Gasteiger partial charge in [-0.3, -0.25) is 14.4 Å². The summed E-state index contributed by atoms with van der Waals surface area (Å²) in [6.45, 7) is 6.30. The van der Waals surface area contributed by atoms with Crippen molar-refractivity contribution in [3.05, 3.63) is 22.7 Å². The fraction of sp³-hybridized carbons (Fsp3) is 0.586. The minimum Gasteiger partial charge on any atom is -0.480 e. The Labute approximate surface area is 268 Å². The van der Waals surface area contributed by atoms with Crippen LogP contribution in [-0.4, -0.2) is 105 Å². The molecule has 3 saturated heterocycles. The van der Waals surface area contributed by atoms with E-state index in [9.17, 15) is 26.4 Å². The Balaban J connectivity index is 1.35. The molecule has 0 spiro atoms. The number of nitrogens with one attached hydrogen (secondary N) is 2. The third kappa shape index (κ3) is 7.22. The molecule has 46 heavy (non-hydrogen) atoms. The summed E-state index contributed by atoms with van der Waals surface area (Å²) in [5.74, 6) is 0.261. The van der Waals surface area contributed by atoms with Gasteiger partial charge in [-0.2, -0.15) is 13.2 Å². The molecule has 3 aromatic heterocycles. The van der Waals surface area contributed by atoms with Crippen LogP contribution in [0.5, 0.6) is 5.88 Å². The fourth-order valence-corrected chi connectivity index (χ4v) is 8.57. The van der Waals surface area contributed by atoms with Crippen molar-refractivity contribution in [3.8, 4) is 17.1 Å². The lowest BCUT2D eigenvalue weighted by molar-refractivity contribution is -0.152. The number of carbonyl (C=O) groups is 1. The number of hydrogen-bond acceptors (Lipinski definition) is 12. The second kappa shape index (κ2) is 13.2. The number of aryl methyl sites for hydroxylation is 1. The monoisotopic (exact) mass is 683 g/mol. The van der Waals surface area contributed by atoms with Gasteiger partial charge in [0, 0.05) is 73.8 Å². The van der Waals surface area contributed by atoms with Gasteiger partial charge in [-0.05, 0) is 25.8 Å². The number of carbonyl (C=O) groups excluding carboxylic acids is 1. The molecule has 12 nitrogen and oxygen atoms in total. The second-order valence-corrected chi connectivity index (χ2v) is 14.8. The molecule has 17 heteroatoms. The molecule has 250 valence electrons. The molecular weight excluding hydrogens is 647 g/mol. The van der Waals surface area contributed by atoms with Crippen molar-refractivity contribution in [2.75, 3.05) is 61.9 Å². The Kier molecular flexibility index (Phi) is 9.40. The summed E-state index contributed by atoms with van der Waals surface area (Å²) in [6.07, 6.45) is -1.94. The molecule has 2 atom stereocenters. The van der Waals surface area contributed by atoms with Crippen LogP contribution in [0.2, 0.25) is 0 Å². The van der Waals surface area contributed by atoms with Crippen LogP contribution < -0.4 is 19.7 Å². The summed E-state index contributed by atoms with van der Waals surface area (Å²) >= 11 is 1.54. The van der Waals surface area contributed by atoms with E-state index in [1.54, 1.807) is 12.3 Å². The number of nitrogens with zero attached hydrogens (tertiary/aromatic N) is 5. The lowest BCUT2D eigenvalue weighted by Gasteiger charge is -2.28. The quantitative estimate of drug-likeness (QED) is 0.343. The molecule has 3 aromatic rings. The first-order valence-corrected chi connectivity index (χ1v) is 17.6. The summed E-state index contributed by atoms with van der Waals surface area (Å²) in [4.78, 5) is 31.5. The number of anilines is 2. The van der Waals surface area contributed by atoms with Gasteiger partial charge in [0.25, 0.3) is 0 Å². The molecule has 0 aromatic carbocycles. The highest BCUT2D eigenvalue weighted by molar-refractivity contribution is 7.92. The van der Waals surface area contributed by atoms with Crippen molar-refractivity contribution in [3.63, 3.8) is 0 Å². The zero-order chi connectivity index (χ0) is 32.6. The molecule has 0 bridgehead atoms. The van der Waals surface area contributed by atoms with Crippen molar-refractivity contribution in [2.24, 2.45) is 0 Å². The highest BCUT2D eigenvalue weighted by Crippen LogP contribution is 2.40. The predicted molar refractivity (Wildman–Crippen MR) is 168 cm³/mol. The van der Waals surface area contributed by atoms with E-state index in [0.29, 0.717) is 76.0 Å². The molecule has 1 unspecified atom stereocenters. The van der Waals surface area contributed by atoms with Crippen LogP contribution in [0.1, 0.15) is 36.1 Å². The standard InChI is InChI=1S/C29H36F3N7O5S2/c1-17-21(15-38-7-5-20(40)6-8-38)25-26(45-17)24(35-28(36-25)39-9-11-44-12-10-39)18-13-22(27(43-2)33-14-18)37-46(41,42)16-19-3-4-23(34-19)29(30,31)32/h13-14,19,23,34,37H,3-12,15-16H2,1-2H3/t19?,23-/m0/s1. The Morgan fingerprint density at radius 3 is 2.57 bits per heavy atom. The van der Waals surface area contributed by atoms with Crippen LogP contribution in [0, 0.1) is 6.92 Å². The minimum atomic E-state index is -4.44. The summed E-state index contributed by atoms with van der Waals surface area (Å²) in [6, 6.07) is -1.00. The number of thiophene rings is 1. The van der Waals surface area contributed by atoms with Gasteiger partial charge in [-0.25, -0.2) is 23.4 Å². The first-order valence-electron chi connectivity index (χ1n) is 15.1. The van der Waals surface area contributed by atoms with Gasteiger partial charge >= 0.3 is 6.18 Å². The maximum absolute atomic E-state index is 13.2. The van der Waals surface area contributed by atoms with Gasteiger partial charge in [0.2, 0.25) is 21.9 Å². The van der Waals surface area contributed by atoms with E-state index in [-0.39, 0.29) is 30.2 Å². The van der Waals surface area contributed by atoms with E-state index in [0.717, 1.165) is 20.7 Å². The number of hydrogen-bond donors (Lipinski definition) is 2. The van der Waals surface area contributed by atoms with E-state index in [4.69, 9.17) is 19.4 Å². The van der Waals surface area contributed by atoms with Gasteiger partial charge in [-0.15, -0.1) is 11.3 Å². The van der Waals surface area contributed by atoms with Gasteiger partial charge in [0.1, 0.15) is 17.5 Å². The topological polar surface area (TPSA) is 139 Å². The van der Waals surface area contributed by atoms with Gasteiger partial charge in [0.05, 0.1) is 42.0 Å². The van der Waals surface area contributed by atoms with Crippen molar-refractivity contribution < 1.29 is 35.9 Å². The van der Waals surface area contributed by atoms with E-state index in [2.05, 4.69) is 19.9 Å². The third-order valence-corrected chi connectivity index (χ3v) is 11.1. The number of fused-ring (bicyclic) bond motifs is 1. The highest BCUT2D eigenvalue weighted by atomic mass is 32.2. The Morgan fingerprint density at radius 1 is 1.15 bits per heavy atom. The third-order valence-electron chi connectivity index (χ3n) is 8.55. The van der Waals surface area contributed by atoms with Crippen LogP contribution in [-0.2, 0) is 26.1 Å². The zero-order valence-corrected chi connectivity index (χ0v) is 27.2. The molecular formula is C29H36F3N7O5S2. The van der Waals surface area contributed by atoms with Crippen LogP contribution in [0.3, 0.4) is 0 Å². The number of rotatable bonds is 9. The Bertz CT molecular complexity index is 1700. The number of Topliss-reactive ketones (excluding diaryl/α,β-unsaturated/α-hetero) is 1. The normalized spacial score (nSPS) is 21.7. The minimum absolute atomic E-state index is 0.0151. The van der Waals surface area contributed by atoms with Gasteiger partial charge in [-0.1, -0.05) is 0 Å². The molecule has 0 amide bonds. The molecule has 0 saturated carbocycles. The van der Waals surface area contributed by atoms with Gasteiger partial charge in [0.15, 0.2) is 0 Å². The number of sulfonamides is 1. The molecule has 0 aliphatic carbocycles. The number of aromatic nitrogens is 3. The van der Waals surface area contributed by atoms with E-state index >= 15 is 0 Å². The number of ketones is 1. The number of piperidine rings is 1. The molecule has 0 radical (unpaired) electrons. The number of likely N-dealkylation sites (tertiary alicyclic amines) is 1. The molecule has 3 aliphatic heterocycles. The maximum Gasteiger partial charge on any atom is 0.403 e. The highest BCUT2D eigenvalue weighted by Gasteiger charge is 2.44. The molecule has 3 aliphatic rings. The summed E-state index contributed by atoms with van der Waals surface area (Å²) in [7, 11) is -2.73. The first kappa shape index (κ1) is 32.8. The van der Waals surface area contributed by atoms with Gasteiger partial charge < -0.3 is 19.7 Å². The van der Waals surface area contributed by atoms with Crippen LogP contribution >= 0.6 is 11.3 Å². The molecule has 3 fully saturated rings. The molecule has 6 rings (SSSR count). The van der Waals surface area contributed by atoms with E-state index in [1.165, 1.54) is 18.4 Å². The van der Waals surface area contributed by atoms with Crippen LogP contribution in [0.4, 0.5) is 24.8 Å². The van der Waals surface area contributed by atoms with Crippen molar-refractivity contribution in [2.45, 2.75) is 57.4 Å². The molecule has 2 N–H and O–H groups in total. The number of halogens is 3. The predicted octanol–water partition coefficient (Wildman–Crippen LogP) is 3.50. The van der Waals surface area contributed by atoms with Crippen molar-refractivity contribution in [1.82, 2.24) is 25.2 Å². The summed E-state index contributed by atoms with van der Waals surface area (Å²) < 4.78 is 80.0. The SMILES string of the molecule is COc1ncc(-c2nc(N3CCOCC3)nc3c(CN4CCC(=O)CC4)c(C)sc23)cc1NS(=O)(=O)CC1CC[C@@H](C(F)(F)F)N1. The number of pyridine rings is 1. The van der Waals surface area contributed by atoms with E-state index in [1.807, 2.05) is 11.8 Å². The van der Waals surface area contributed by atoms with E-state index < -0.39 is 34.0 Å². The van der Waals surface area contributed by atoms with Crippen LogP contribution in [0.15, 0.2) is 12.3 Å². The second-order valence-electron chi connectivity index (χ2n) is 11.8. The Hall–Kier alpha value is -3.12. The maximum atomic E-state index is 13.2. The average molecular weight is 684 g/mol. The Morgan fingerprint density at radius 2 is 1.89 bits per heavy atom. The largest absolute Gasteiger partial charge is 0.480 e. The first-order chi connectivity index (χ1) is 21.9. The van der Waals surface area contributed by atoms with Crippen LogP contribution in [0.25, 0.3) is 21.5 Å². The lowest BCUT2D eigenvalue weighted by Crippen LogP contribution is -2.43. The van der Waals surface area contributed by atoms with Crippen molar-refractivity contribution in [1.29, 1.82) is 0 Å². The summed E-state index contributed by atoms with van der Waals surface area (Å²) in [5.41, 5.74) is 2.98. The number of ether oxygens (including phenoxy) is 2.